The van der Waals surface area contributed by atoms with Gasteiger partial charge in [-0.25, -0.2) is 23.4 Å². The van der Waals surface area contributed by atoms with Crippen molar-refractivity contribution in [2.45, 2.75) is 37.6 Å². The maximum Gasteiger partial charge on any atom is 0.337 e. The number of amides is 1. The second-order valence-corrected chi connectivity index (χ2v) is 9.33. The third-order valence-electron chi connectivity index (χ3n) is 7.16. The summed E-state index contributed by atoms with van der Waals surface area (Å²) in [5.74, 6) is 0.165. The van der Waals surface area contributed by atoms with Crippen LogP contribution in [0.3, 0.4) is 0 Å². The van der Waals surface area contributed by atoms with Gasteiger partial charge in [-0.15, -0.1) is 10.2 Å². The molecular formula is C22H29ClN2O8. The third kappa shape index (κ3) is 5.01. The average Bonchev–Trinajstić information content (AvgIpc) is 3.28. The number of ether oxygens (including phenoxy) is 2. The molecule has 2 saturated heterocycles. The summed E-state index contributed by atoms with van der Waals surface area (Å²) in [7, 11) is -1.98. The lowest BCUT2D eigenvalue weighted by Gasteiger charge is -2.42. The largest absolute Gasteiger partial charge is 0.504 e. The number of hydrogen-bond donors (Lipinski definition) is 2. The molecule has 11 heteroatoms. The van der Waals surface area contributed by atoms with Crippen LogP contribution in [0.15, 0.2) is 36.1 Å². The number of hydrogen-bond acceptors (Lipinski definition) is 8. The highest BCUT2D eigenvalue weighted by Crippen LogP contribution is 2.47. The number of methoxy groups -OCH3 is 2. The summed E-state index contributed by atoms with van der Waals surface area (Å²) in [6.07, 6.45) is 4.14. The molecule has 1 aromatic carbocycles. The van der Waals surface area contributed by atoms with Crippen molar-refractivity contribution in [3.05, 3.63) is 41.7 Å². The molecule has 5 atom stereocenters. The van der Waals surface area contributed by atoms with E-state index < -0.39 is 15.7 Å². The monoisotopic (exact) mass is 484 g/mol. The van der Waals surface area contributed by atoms with Crippen molar-refractivity contribution in [3.63, 3.8) is 0 Å². The zero-order valence-corrected chi connectivity index (χ0v) is 19.6. The minimum absolute atomic E-state index is 0.0293. The predicted octanol–water partition coefficient (Wildman–Crippen LogP) is -3.47. The van der Waals surface area contributed by atoms with Crippen LogP contribution in [0.5, 0.6) is 0 Å². The van der Waals surface area contributed by atoms with Gasteiger partial charge in [-0.2, -0.15) is 0 Å². The van der Waals surface area contributed by atoms with Crippen molar-refractivity contribution in [2.24, 2.45) is 11.8 Å². The number of fused-ring (bicyclic) bond motifs is 4. The van der Waals surface area contributed by atoms with Crippen LogP contribution in [0.25, 0.3) is 0 Å². The molecule has 5 unspecified atom stereocenters. The molecule has 0 aliphatic carbocycles. The molecule has 0 aromatic heterocycles. The maximum atomic E-state index is 13.2. The number of piperidine rings is 1. The average molecular weight is 485 g/mol. The lowest BCUT2D eigenvalue weighted by Crippen LogP contribution is -3.16. The van der Waals surface area contributed by atoms with E-state index in [4.69, 9.17) is 28.1 Å². The second-order valence-electron chi connectivity index (χ2n) is 8.57. The summed E-state index contributed by atoms with van der Waals surface area (Å²) in [6.45, 7) is 4.11. The van der Waals surface area contributed by atoms with Crippen molar-refractivity contribution in [1.29, 1.82) is 0 Å². The first-order chi connectivity index (χ1) is 15.6. The highest BCUT2D eigenvalue weighted by Gasteiger charge is 2.63. The Balaban J connectivity index is 0.000000555. The zero-order chi connectivity index (χ0) is 24.4. The molecule has 1 spiro atoms. The standard InChI is InChI=1S/C22H28N2O4.ClHO4/c1-4-14-12-24-10-9-22(17-7-5-6-8-18(17)23-21(22)26)19(24)11-15(14)16(13-27-2)20(25)28-3;2-1(3,4)5/h5-8,13-15,19H,4,9-12H2,1-3H3,(H,23,26);(H,2,3,4,5). The first kappa shape index (κ1) is 25.4. The minimum Gasteiger partial charge on any atom is -0.504 e. The third-order valence-corrected chi connectivity index (χ3v) is 7.16. The molecule has 4 rings (SSSR count). The number of anilines is 1. The number of carbonyl (C=O) groups is 2. The van der Waals surface area contributed by atoms with Gasteiger partial charge in [0, 0.05) is 30.4 Å². The summed E-state index contributed by atoms with van der Waals surface area (Å²) < 4.78 is 44.2. The molecule has 2 N–H and O–H groups in total. The lowest BCUT2D eigenvalue weighted by atomic mass is 9.67. The van der Waals surface area contributed by atoms with E-state index in [1.54, 1.807) is 7.11 Å². The van der Waals surface area contributed by atoms with E-state index in [0.29, 0.717) is 11.5 Å². The summed E-state index contributed by atoms with van der Waals surface area (Å²) in [6, 6.07) is 8.20. The van der Waals surface area contributed by atoms with E-state index in [-0.39, 0.29) is 23.8 Å². The van der Waals surface area contributed by atoms with Crippen molar-refractivity contribution in [1.82, 2.24) is 0 Å². The molecule has 10 nitrogen and oxygen atoms in total. The number of para-hydroxylation sites is 1. The van der Waals surface area contributed by atoms with Gasteiger partial charge in [0.05, 0.1) is 39.1 Å². The predicted molar refractivity (Wildman–Crippen MR) is 105 cm³/mol. The Hall–Kier alpha value is -2.21. The molecule has 1 aromatic rings. The molecule has 0 radical (unpaired) electrons. The van der Waals surface area contributed by atoms with Gasteiger partial charge in [-0.3, -0.25) is 4.79 Å². The van der Waals surface area contributed by atoms with Crippen LogP contribution >= 0.6 is 0 Å². The number of halogens is 1. The maximum absolute atomic E-state index is 13.2. The van der Waals surface area contributed by atoms with Crippen LogP contribution in [0, 0.1) is 22.1 Å². The molecule has 0 saturated carbocycles. The molecule has 1 amide bonds. The van der Waals surface area contributed by atoms with Gasteiger partial charge in [-0.05, 0) is 18.1 Å². The SMILES string of the molecule is CCC1C[NH+]2CCC3(C(=O)Nc4ccccc43)C2CC1C(=COC)C(=O)OC.[O-][Cl+3]([O-])([O-])[O-]. The molecular weight excluding hydrogens is 456 g/mol. The molecule has 3 aliphatic heterocycles. The van der Waals surface area contributed by atoms with Gasteiger partial charge in [0.15, 0.2) is 0 Å². The number of quaternary nitrogens is 1. The van der Waals surface area contributed by atoms with Crippen molar-refractivity contribution >= 4 is 17.6 Å². The lowest BCUT2D eigenvalue weighted by molar-refractivity contribution is -2.00. The van der Waals surface area contributed by atoms with Gasteiger partial charge in [0.25, 0.3) is 0 Å². The minimum atomic E-state index is -4.94. The highest BCUT2D eigenvalue weighted by atomic mass is 35.7. The van der Waals surface area contributed by atoms with Crippen LogP contribution in [-0.4, -0.2) is 45.2 Å². The van der Waals surface area contributed by atoms with Crippen molar-refractivity contribution < 1.29 is 52.8 Å². The quantitative estimate of drug-likeness (QED) is 0.253. The van der Waals surface area contributed by atoms with Gasteiger partial charge in [0.2, 0.25) is 5.91 Å². The van der Waals surface area contributed by atoms with E-state index in [1.807, 2.05) is 18.2 Å². The van der Waals surface area contributed by atoms with E-state index in [1.165, 1.54) is 18.3 Å². The fourth-order valence-corrected chi connectivity index (χ4v) is 5.87. The van der Waals surface area contributed by atoms with E-state index >= 15 is 0 Å². The van der Waals surface area contributed by atoms with E-state index in [9.17, 15) is 9.59 Å². The fourth-order valence-electron chi connectivity index (χ4n) is 5.87. The van der Waals surface area contributed by atoms with Crippen LogP contribution in [0.2, 0.25) is 0 Å². The number of esters is 1. The van der Waals surface area contributed by atoms with Gasteiger partial charge in [-0.1, -0.05) is 25.1 Å². The van der Waals surface area contributed by atoms with Crippen LogP contribution in [0.1, 0.15) is 31.7 Å². The van der Waals surface area contributed by atoms with Crippen molar-refractivity contribution in [3.8, 4) is 0 Å². The molecule has 0 bridgehead atoms. The Bertz CT molecular complexity index is 912. The van der Waals surface area contributed by atoms with Crippen molar-refractivity contribution in [2.75, 3.05) is 32.6 Å². The first-order valence-electron chi connectivity index (χ1n) is 10.7. The summed E-state index contributed by atoms with van der Waals surface area (Å²) in [5, 5.41) is 3.11. The number of rotatable bonds is 4. The summed E-state index contributed by atoms with van der Waals surface area (Å²) in [5.41, 5.74) is 2.13. The van der Waals surface area contributed by atoms with E-state index in [0.717, 1.165) is 43.6 Å². The fraction of sp³-hybridized carbons (Fsp3) is 0.545. The summed E-state index contributed by atoms with van der Waals surface area (Å²) in [4.78, 5) is 27.2. The zero-order valence-electron chi connectivity index (χ0n) is 18.8. The Morgan fingerprint density at radius 2 is 1.94 bits per heavy atom. The molecule has 3 aliphatic rings. The van der Waals surface area contributed by atoms with Gasteiger partial charge >= 0.3 is 5.97 Å². The van der Waals surface area contributed by atoms with Crippen LogP contribution < -0.4 is 28.9 Å². The Kier molecular flexibility index (Phi) is 7.67. The molecule has 3 heterocycles. The topological polar surface area (TPSA) is 161 Å². The van der Waals surface area contributed by atoms with Gasteiger partial charge < -0.3 is 19.7 Å². The van der Waals surface area contributed by atoms with Gasteiger partial charge in [0.1, 0.15) is 11.5 Å². The molecule has 182 valence electrons. The molecule has 33 heavy (non-hydrogen) atoms. The Morgan fingerprint density at radius 3 is 2.55 bits per heavy atom. The first-order valence-corrected chi connectivity index (χ1v) is 12.0. The summed E-state index contributed by atoms with van der Waals surface area (Å²) >= 11 is 0. The number of nitrogens with one attached hydrogen (secondary N) is 2. The van der Waals surface area contributed by atoms with Crippen LogP contribution in [0.4, 0.5) is 5.69 Å². The van der Waals surface area contributed by atoms with E-state index in [2.05, 4.69) is 18.3 Å². The smallest absolute Gasteiger partial charge is 0.337 e. The normalized spacial score (nSPS) is 30.6. The Morgan fingerprint density at radius 1 is 1.27 bits per heavy atom. The molecule has 2 fully saturated rings. The number of benzene rings is 1. The van der Waals surface area contributed by atoms with Crippen LogP contribution in [-0.2, 0) is 24.5 Å². The second kappa shape index (κ2) is 9.96. The highest BCUT2D eigenvalue weighted by molar-refractivity contribution is 6.07. The number of carbonyl (C=O) groups excluding carboxylic acids is 2. The Labute approximate surface area is 194 Å².